The minimum Gasteiger partial charge on any atom is -0.341 e. The molecule has 2 fully saturated rings. The molecule has 1 aliphatic heterocycles. The minimum atomic E-state index is 0.112. The van der Waals surface area contributed by atoms with Crippen molar-refractivity contribution in [2.75, 3.05) is 28.6 Å². The highest BCUT2D eigenvalue weighted by Crippen LogP contribution is 2.32. The molecular formula is C21H23N7OS2. The molecule has 3 heterocycles. The number of nitrogens with zero attached hydrogens (tertiary/aromatic N) is 5. The number of carbonyl (C=O) groups excluding carboxylic acids is 1. The van der Waals surface area contributed by atoms with Crippen molar-refractivity contribution in [3.05, 3.63) is 35.3 Å². The fraction of sp³-hybridized carbons (Fsp3) is 0.381. The maximum absolute atomic E-state index is 11.9. The van der Waals surface area contributed by atoms with Crippen LogP contribution in [-0.2, 0) is 4.79 Å². The first-order valence-corrected chi connectivity index (χ1v) is 12.0. The van der Waals surface area contributed by atoms with Crippen molar-refractivity contribution < 1.29 is 4.79 Å². The van der Waals surface area contributed by atoms with Gasteiger partial charge in [0.2, 0.25) is 17.8 Å². The number of nitrogens with one attached hydrogen (secondary N) is 2. The Labute approximate surface area is 188 Å². The van der Waals surface area contributed by atoms with E-state index in [1.165, 1.54) is 11.8 Å². The largest absolute Gasteiger partial charge is 0.341 e. The highest BCUT2D eigenvalue weighted by Gasteiger charge is 2.29. The number of hydrogen-bond donors (Lipinski definition) is 2. The van der Waals surface area contributed by atoms with E-state index in [-0.39, 0.29) is 11.8 Å². The monoisotopic (exact) mass is 453 g/mol. The molecule has 1 saturated carbocycles. The topological polar surface area (TPSA) is 95.9 Å². The first-order chi connectivity index (χ1) is 15.1. The number of carbonyl (C=O) groups is 1. The number of hydrogen-bond acceptors (Lipinski definition) is 9. The third-order valence-corrected chi connectivity index (χ3v) is 6.81. The molecular weight excluding hydrogens is 430 g/mol. The van der Waals surface area contributed by atoms with Crippen molar-refractivity contribution in [3.8, 4) is 0 Å². The van der Waals surface area contributed by atoms with Crippen LogP contribution in [0.25, 0.3) is 0 Å². The molecule has 0 unspecified atom stereocenters. The Kier molecular flexibility index (Phi) is 5.73. The molecule has 2 N–H and O–H groups in total. The van der Waals surface area contributed by atoms with Gasteiger partial charge in [-0.15, -0.1) is 11.3 Å². The molecule has 10 heteroatoms. The van der Waals surface area contributed by atoms with Crippen LogP contribution < -0.4 is 15.5 Å². The molecule has 8 nitrogen and oxygen atoms in total. The lowest BCUT2D eigenvalue weighted by Gasteiger charge is -2.16. The molecule has 3 aromatic rings. The Bertz CT molecular complexity index is 1080. The summed E-state index contributed by atoms with van der Waals surface area (Å²) in [6, 6.07) is 7.79. The fourth-order valence-corrected chi connectivity index (χ4v) is 4.72. The Morgan fingerprint density at radius 3 is 2.58 bits per heavy atom. The van der Waals surface area contributed by atoms with Crippen molar-refractivity contribution in [1.82, 2.24) is 19.9 Å². The molecule has 2 aromatic heterocycles. The van der Waals surface area contributed by atoms with Crippen LogP contribution in [0.3, 0.4) is 0 Å². The summed E-state index contributed by atoms with van der Waals surface area (Å²) in [7, 11) is 0. The van der Waals surface area contributed by atoms with Crippen molar-refractivity contribution in [2.24, 2.45) is 5.92 Å². The van der Waals surface area contributed by atoms with E-state index in [4.69, 9.17) is 4.98 Å². The molecule has 5 rings (SSSR count). The zero-order valence-corrected chi connectivity index (χ0v) is 18.8. The average Bonchev–Trinajstić information content (AvgIpc) is 3.31. The highest BCUT2D eigenvalue weighted by atomic mass is 32.2. The molecule has 1 saturated heterocycles. The summed E-state index contributed by atoms with van der Waals surface area (Å²) in [4.78, 5) is 34.6. The number of thiazole rings is 1. The Morgan fingerprint density at radius 2 is 1.90 bits per heavy atom. The van der Waals surface area contributed by atoms with E-state index in [9.17, 15) is 4.79 Å². The molecule has 1 aliphatic carbocycles. The Morgan fingerprint density at radius 1 is 1.13 bits per heavy atom. The number of aromatic nitrogens is 4. The number of amides is 1. The van der Waals surface area contributed by atoms with E-state index in [1.54, 1.807) is 11.3 Å². The summed E-state index contributed by atoms with van der Waals surface area (Å²) < 4.78 is 0. The minimum absolute atomic E-state index is 0.112. The van der Waals surface area contributed by atoms with Crippen LogP contribution in [0.2, 0.25) is 0 Å². The van der Waals surface area contributed by atoms with Gasteiger partial charge in [-0.2, -0.15) is 15.0 Å². The van der Waals surface area contributed by atoms with Crippen molar-refractivity contribution in [3.63, 3.8) is 0 Å². The number of rotatable bonds is 7. The number of benzene rings is 1. The van der Waals surface area contributed by atoms with Crippen LogP contribution in [0.15, 0.2) is 40.5 Å². The van der Waals surface area contributed by atoms with E-state index in [1.807, 2.05) is 37.4 Å². The van der Waals surface area contributed by atoms with Gasteiger partial charge < -0.3 is 10.2 Å². The summed E-state index contributed by atoms with van der Waals surface area (Å²) in [6.07, 6.45) is 6.12. The number of aryl methyl sites for hydroxylation is 1. The van der Waals surface area contributed by atoms with E-state index in [0.717, 1.165) is 59.4 Å². The molecule has 1 amide bonds. The van der Waals surface area contributed by atoms with Crippen LogP contribution in [0, 0.1) is 12.8 Å². The lowest BCUT2D eigenvalue weighted by Crippen LogP contribution is -2.21. The van der Waals surface area contributed by atoms with Gasteiger partial charge in [0.25, 0.3) is 0 Å². The average molecular weight is 454 g/mol. The van der Waals surface area contributed by atoms with Crippen LogP contribution in [0.5, 0.6) is 0 Å². The third kappa shape index (κ3) is 5.13. The van der Waals surface area contributed by atoms with Gasteiger partial charge in [0.15, 0.2) is 10.3 Å². The van der Waals surface area contributed by atoms with Gasteiger partial charge >= 0.3 is 0 Å². The molecule has 31 heavy (non-hydrogen) atoms. The highest BCUT2D eigenvalue weighted by molar-refractivity contribution is 7.99. The van der Waals surface area contributed by atoms with Gasteiger partial charge in [0.05, 0.1) is 0 Å². The van der Waals surface area contributed by atoms with Gasteiger partial charge in [-0.05, 0) is 68.6 Å². The molecule has 0 spiro atoms. The third-order valence-electron chi connectivity index (χ3n) is 5.11. The van der Waals surface area contributed by atoms with Crippen molar-refractivity contribution in [1.29, 1.82) is 0 Å². The van der Waals surface area contributed by atoms with Gasteiger partial charge in [-0.1, -0.05) is 0 Å². The van der Waals surface area contributed by atoms with E-state index < -0.39 is 0 Å². The molecule has 0 atom stereocenters. The van der Waals surface area contributed by atoms with Crippen LogP contribution in [-0.4, -0.2) is 38.9 Å². The second-order valence-electron chi connectivity index (χ2n) is 7.73. The zero-order valence-electron chi connectivity index (χ0n) is 17.2. The van der Waals surface area contributed by atoms with Crippen molar-refractivity contribution in [2.45, 2.75) is 42.7 Å². The fourth-order valence-electron chi connectivity index (χ4n) is 3.32. The smallest absolute Gasteiger partial charge is 0.234 e. The number of anilines is 4. The second-order valence-corrected chi connectivity index (χ2v) is 10.0. The van der Waals surface area contributed by atoms with Crippen LogP contribution in [0.4, 0.5) is 22.7 Å². The summed E-state index contributed by atoms with van der Waals surface area (Å²) in [6.45, 7) is 3.93. The quantitative estimate of drug-likeness (QED) is 0.541. The summed E-state index contributed by atoms with van der Waals surface area (Å²) in [5.41, 5.74) is 0.816. The Hall–Kier alpha value is -2.72. The van der Waals surface area contributed by atoms with Crippen molar-refractivity contribution >= 4 is 51.7 Å². The van der Waals surface area contributed by atoms with Gasteiger partial charge in [0.1, 0.15) is 0 Å². The summed E-state index contributed by atoms with van der Waals surface area (Å²) >= 11 is 3.04. The molecule has 0 radical (unpaired) electrons. The Balaban J connectivity index is 1.34. The normalized spacial score (nSPS) is 15.8. The van der Waals surface area contributed by atoms with E-state index in [2.05, 4.69) is 30.5 Å². The lowest BCUT2D eigenvalue weighted by atomic mass is 10.3. The maximum atomic E-state index is 11.9. The van der Waals surface area contributed by atoms with Gasteiger partial charge in [-0.3, -0.25) is 10.1 Å². The van der Waals surface area contributed by atoms with Gasteiger partial charge in [0, 0.05) is 40.7 Å². The first-order valence-electron chi connectivity index (χ1n) is 10.4. The van der Waals surface area contributed by atoms with Crippen LogP contribution >= 0.6 is 23.1 Å². The zero-order chi connectivity index (χ0) is 21.2. The van der Waals surface area contributed by atoms with E-state index in [0.29, 0.717) is 17.1 Å². The second kappa shape index (κ2) is 8.80. The SMILES string of the molecule is Cc1cnc(Nc2nc(Sc3ccc(NC(=O)C4CC4)cc3)nc(N3CCCC3)n2)s1. The summed E-state index contributed by atoms with van der Waals surface area (Å²) in [5.74, 6) is 1.50. The standard InChI is InChI=1S/C21H23N7OS2/c1-13-12-22-20(30-13)25-18-24-19(28-10-2-3-11-28)27-21(26-18)31-16-8-6-15(7-9-16)23-17(29)14-4-5-14/h6-9,12,14H,2-5,10-11H2,1H3,(H,23,29)(H,22,24,25,26,27). The predicted octanol–water partition coefficient (Wildman–Crippen LogP) is 4.48. The lowest BCUT2D eigenvalue weighted by molar-refractivity contribution is -0.117. The van der Waals surface area contributed by atoms with E-state index >= 15 is 0 Å². The molecule has 160 valence electrons. The molecule has 2 aliphatic rings. The summed E-state index contributed by atoms with van der Waals surface area (Å²) in [5, 5.41) is 7.58. The first kappa shape index (κ1) is 20.2. The predicted molar refractivity (Wildman–Crippen MR) is 123 cm³/mol. The van der Waals surface area contributed by atoms with Crippen LogP contribution in [0.1, 0.15) is 30.6 Å². The van der Waals surface area contributed by atoms with Gasteiger partial charge in [-0.25, -0.2) is 4.98 Å². The maximum Gasteiger partial charge on any atom is 0.234 e. The molecule has 1 aromatic carbocycles. The molecule has 0 bridgehead atoms.